The van der Waals surface area contributed by atoms with Gasteiger partial charge in [0.25, 0.3) is 0 Å². The Bertz CT molecular complexity index is 427. The van der Waals surface area contributed by atoms with Crippen molar-refractivity contribution in [1.29, 1.82) is 0 Å². The zero-order valence-corrected chi connectivity index (χ0v) is 11.5. The predicted octanol–water partition coefficient (Wildman–Crippen LogP) is 0.805. The molecule has 5 heteroatoms. The van der Waals surface area contributed by atoms with Gasteiger partial charge in [-0.05, 0) is 42.9 Å². The molecule has 110 valence electrons. The quantitative estimate of drug-likeness (QED) is 0.744. The Morgan fingerprint density at radius 1 is 1.45 bits per heavy atom. The molecule has 4 N–H and O–H groups in total. The lowest BCUT2D eigenvalue weighted by atomic mass is 10.0. The highest BCUT2D eigenvalue weighted by atomic mass is 16.5. The molecule has 5 nitrogen and oxygen atoms in total. The number of hydrogen-bond donors (Lipinski definition) is 3. The van der Waals surface area contributed by atoms with Gasteiger partial charge in [-0.3, -0.25) is 4.79 Å². The molecule has 0 spiro atoms. The van der Waals surface area contributed by atoms with Crippen molar-refractivity contribution in [2.45, 2.75) is 25.3 Å². The zero-order chi connectivity index (χ0) is 14.4. The summed E-state index contributed by atoms with van der Waals surface area (Å²) < 4.78 is 5.38. The lowest BCUT2D eigenvalue weighted by Crippen LogP contribution is -2.44. The fraction of sp³-hybridized carbons (Fsp3) is 0.533. The van der Waals surface area contributed by atoms with Gasteiger partial charge in [0, 0.05) is 13.2 Å². The first-order chi connectivity index (χ1) is 9.65. The number of aromatic hydroxyl groups is 1. The topological polar surface area (TPSA) is 84.6 Å². The minimum absolute atomic E-state index is 0.136. The minimum Gasteiger partial charge on any atom is -0.508 e. The molecule has 1 aromatic carbocycles. The lowest BCUT2D eigenvalue weighted by molar-refractivity contribution is -0.122. The Morgan fingerprint density at radius 3 is 2.85 bits per heavy atom. The Labute approximate surface area is 119 Å². The summed E-state index contributed by atoms with van der Waals surface area (Å²) in [6.45, 7) is 2.17. The summed E-state index contributed by atoms with van der Waals surface area (Å²) in [6.07, 6.45) is 2.61. The van der Waals surface area contributed by atoms with Crippen LogP contribution in [0.1, 0.15) is 18.4 Å². The van der Waals surface area contributed by atoms with Crippen LogP contribution in [-0.2, 0) is 16.0 Å². The van der Waals surface area contributed by atoms with Gasteiger partial charge >= 0.3 is 0 Å². The molecule has 0 aliphatic carbocycles. The van der Waals surface area contributed by atoms with E-state index in [-0.39, 0.29) is 11.7 Å². The number of hydrogen-bond acceptors (Lipinski definition) is 4. The van der Waals surface area contributed by atoms with Crippen molar-refractivity contribution in [2.24, 2.45) is 11.7 Å². The van der Waals surface area contributed by atoms with Gasteiger partial charge < -0.3 is 20.9 Å². The van der Waals surface area contributed by atoms with Crippen LogP contribution in [0.5, 0.6) is 5.75 Å². The van der Waals surface area contributed by atoms with E-state index in [2.05, 4.69) is 5.32 Å². The number of phenols is 1. The van der Waals surface area contributed by atoms with Gasteiger partial charge in [0.2, 0.25) is 5.91 Å². The summed E-state index contributed by atoms with van der Waals surface area (Å²) >= 11 is 0. The van der Waals surface area contributed by atoms with Gasteiger partial charge in [0.1, 0.15) is 5.75 Å². The SMILES string of the molecule is NC(Cc1ccc(O)cc1)C(=O)NCC1CCCOC1. The molecule has 2 rings (SSSR count). The van der Waals surface area contributed by atoms with Gasteiger partial charge in [0.15, 0.2) is 0 Å². The third-order valence-electron chi connectivity index (χ3n) is 3.55. The van der Waals surface area contributed by atoms with Gasteiger partial charge in [-0.2, -0.15) is 0 Å². The summed E-state index contributed by atoms with van der Waals surface area (Å²) in [5.74, 6) is 0.473. The Morgan fingerprint density at radius 2 is 2.20 bits per heavy atom. The van der Waals surface area contributed by atoms with Crippen molar-refractivity contribution < 1.29 is 14.6 Å². The van der Waals surface area contributed by atoms with Crippen molar-refractivity contribution >= 4 is 5.91 Å². The molecule has 1 amide bonds. The van der Waals surface area contributed by atoms with Crippen LogP contribution < -0.4 is 11.1 Å². The number of nitrogens with one attached hydrogen (secondary N) is 1. The Kier molecular flexibility index (Phi) is 5.38. The number of rotatable bonds is 5. The highest BCUT2D eigenvalue weighted by molar-refractivity contribution is 5.81. The Balaban J connectivity index is 1.75. The van der Waals surface area contributed by atoms with Gasteiger partial charge in [-0.1, -0.05) is 12.1 Å². The monoisotopic (exact) mass is 278 g/mol. The highest BCUT2D eigenvalue weighted by Gasteiger charge is 2.18. The van der Waals surface area contributed by atoms with Crippen LogP contribution in [0, 0.1) is 5.92 Å². The molecule has 2 unspecified atom stereocenters. The molecule has 1 fully saturated rings. The van der Waals surface area contributed by atoms with E-state index in [9.17, 15) is 9.90 Å². The summed E-state index contributed by atoms with van der Waals surface area (Å²) in [5.41, 5.74) is 6.83. The van der Waals surface area contributed by atoms with E-state index < -0.39 is 6.04 Å². The van der Waals surface area contributed by atoms with Crippen molar-refractivity contribution in [1.82, 2.24) is 5.32 Å². The summed E-state index contributed by atoms with van der Waals surface area (Å²) in [6, 6.07) is 6.18. The molecule has 1 saturated heterocycles. The minimum atomic E-state index is -0.566. The summed E-state index contributed by atoms with van der Waals surface area (Å²) in [7, 11) is 0. The number of amides is 1. The van der Waals surface area contributed by atoms with Crippen LogP contribution in [0.4, 0.5) is 0 Å². The molecular formula is C15H22N2O3. The van der Waals surface area contributed by atoms with E-state index in [4.69, 9.17) is 10.5 Å². The van der Waals surface area contributed by atoms with Gasteiger partial charge in [0.05, 0.1) is 12.6 Å². The first kappa shape index (κ1) is 14.8. The van der Waals surface area contributed by atoms with E-state index in [0.29, 0.717) is 25.5 Å². The zero-order valence-electron chi connectivity index (χ0n) is 11.5. The highest BCUT2D eigenvalue weighted by Crippen LogP contribution is 2.13. The molecule has 1 aromatic rings. The fourth-order valence-electron chi connectivity index (χ4n) is 2.32. The first-order valence-electron chi connectivity index (χ1n) is 7.04. The first-order valence-corrected chi connectivity index (χ1v) is 7.04. The third kappa shape index (κ3) is 4.51. The largest absolute Gasteiger partial charge is 0.508 e. The van der Waals surface area contributed by atoms with Gasteiger partial charge in [-0.15, -0.1) is 0 Å². The molecule has 2 atom stereocenters. The molecule has 0 radical (unpaired) electrons. The molecule has 0 aromatic heterocycles. The second-order valence-electron chi connectivity index (χ2n) is 5.31. The molecular weight excluding hydrogens is 256 g/mol. The number of ether oxygens (including phenoxy) is 1. The van der Waals surface area contributed by atoms with Crippen LogP contribution >= 0.6 is 0 Å². The summed E-state index contributed by atoms with van der Waals surface area (Å²) in [5, 5.41) is 12.1. The molecule has 20 heavy (non-hydrogen) atoms. The molecule has 0 saturated carbocycles. The second-order valence-corrected chi connectivity index (χ2v) is 5.31. The smallest absolute Gasteiger partial charge is 0.237 e. The molecule has 1 aliphatic rings. The number of carbonyl (C=O) groups excluding carboxylic acids is 1. The number of carbonyl (C=O) groups is 1. The van der Waals surface area contributed by atoms with E-state index in [1.54, 1.807) is 24.3 Å². The standard InChI is InChI=1S/C15H22N2O3/c16-14(8-11-3-5-13(18)6-4-11)15(19)17-9-12-2-1-7-20-10-12/h3-6,12,14,18H,1-2,7-10,16H2,(H,17,19). The molecule has 1 heterocycles. The number of nitrogens with two attached hydrogens (primary N) is 1. The average Bonchev–Trinajstić information content (AvgIpc) is 2.48. The average molecular weight is 278 g/mol. The molecule has 1 aliphatic heterocycles. The van der Waals surface area contributed by atoms with Crippen LogP contribution in [0.25, 0.3) is 0 Å². The van der Waals surface area contributed by atoms with E-state index in [1.165, 1.54) is 0 Å². The van der Waals surface area contributed by atoms with Crippen LogP contribution in [-0.4, -0.2) is 36.8 Å². The Hall–Kier alpha value is -1.59. The van der Waals surface area contributed by atoms with Crippen molar-refractivity contribution in [3.8, 4) is 5.75 Å². The van der Waals surface area contributed by atoms with Crippen molar-refractivity contribution in [3.63, 3.8) is 0 Å². The predicted molar refractivity (Wildman–Crippen MR) is 76.3 cm³/mol. The fourth-order valence-corrected chi connectivity index (χ4v) is 2.32. The van der Waals surface area contributed by atoms with Crippen molar-refractivity contribution in [3.05, 3.63) is 29.8 Å². The number of phenolic OH excluding ortho intramolecular Hbond substituents is 1. The third-order valence-corrected chi connectivity index (χ3v) is 3.55. The maximum atomic E-state index is 11.9. The second kappa shape index (κ2) is 7.26. The van der Waals surface area contributed by atoms with Crippen LogP contribution in [0.2, 0.25) is 0 Å². The lowest BCUT2D eigenvalue weighted by Gasteiger charge is -2.23. The molecule has 0 bridgehead atoms. The maximum Gasteiger partial charge on any atom is 0.237 e. The normalized spacial score (nSPS) is 20.4. The van der Waals surface area contributed by atoms with Crippen LogP contribution in [0.15, 0.2) is 24.3 Å². The van der Waals surface area contributed by atoms with Crippen LogP contribution in [0.3, 0.4) is 0 Å². The van der Waals surface area contributed by atoms with Crippen molar-refractivity contribution in [2.75, 3.05) is 19.8 Å². The van der Waals surface area contributed by atoms with E-state index in [1.807, 2.05) is 0 Å². The van der Waals surface area contributed by atoms with Gasteiger partial charge in [-0.25, -0.2) is 0 Å². The maximum absolute atomic E-state index is 11.9. The summed E-state index contributed by atoms with van der Waals surface area (Å²) in [4.78, 5) is 11.9. The number of benzene rings is 1. The van der Waals surface area contributed by atoms with E-state index in [0.717, 1.165) is 25.0 Å². The van der Waals surface area contributed by atoms with E-state index >= 15 is 0 Å².